The van der Waals surface area contributed by atoms with E-state index in [4.69, 9.17) is 5.73 Å². The molecule has 0 aliphatic carbocycles. The second-order valence-electron chi connectivity index (χ2n) is 12.1. The fourth-order valence-electron chi connectivity index (χ4n) is 6.75. The molecule has 3 fully saturated rings. The van der Waals surface area contributed by atoms with Crippen LogP contribution in [0.3, 0.4) is 0 Å². The first-order valence-corrected chi connectivity index (χ1v) is 14.7. The topological polar surface area (TPSA) is 101 Å². The fourth-order valence-corrected chi connectivity index (χ4v) is 6.75. The number of hydrogen-bond donors (Lipinski definition) is 4. The molecule has 0 spiro atoms. The molecule has 1 amide bonds. The summed E-state index contributed by atoms with van der Waals surface area (Å²) in [5.41, 5.74) is 7.56. The third kappa shape index (κ3) is 6.94. The molecule has 9 nitrogen and oxygen atoms in total. The number of halogens is 1. The number of carbonyl (C=O) groups is 1. The van der Waals surface area contributed by atoms with E-state index in [0.717, 1.165) is 64.5 Å². The van der Waals surface area contributed by atoms with Gasteiger partial charge in [0, 0.05) is 76.2 Å². The lowest BCUT2D eigenvalue weighted by Gasteiger charge is -2.52. The Morgan fingerprint density at radius 3 is 2.71 bits per heavy atom. The van der Waals surface area contributed by atoms with Crippen LogP contribution >= 0.6 is 0 Å². The van der Waals surface area contributed by atoms with Gasteiger partial charge in [0.15, 0.2) is 0 Å². The van der Waals surface area contributed by atoms with Crippen LogP contribution < -0.4 is 21.7 Å². The number of piperidine rings is 1. The number of nitrogens with zero attached hydrogens (tertiary/aromatic N) is 4. The van der Waals surface area contributed by atoms with Crippen LogP contribution in [0, 0.1) is 17.8 Å². The van der Waals surface area contributed by atoms with Crippen molar-refractivity contribution in [1.29, 1.82) is 0 Å². The highest BCUT2D eigenvalue weighted by Gasteiger charge is 2.42. The average molecular weight is 535 g/mol. The van der Waals surface area contributed by atoms with Crippen molar-refractivity contribution in [2.75, 3.05) is 59.4 Å². The number of alkyl halides is 1. The quantitative estimate of drug-likeness (QED) is 0.411. The molecule has 4 heterocycles. The summed E-state index contributed by atoms with van der Waals surface area (Å²) in [5.74, 6) is -0.129. The lowest BCUT2D eigenvalue weighted by Crippen LogP contribution is -2.69. The van der Waals surface area contributed by atoms with Crippen LogP contribution in [-0.2, 0) is 4.79 Å². The standard InChI is InChI=1S/C28H51FN8O/c1-6-18(2)23-8-7-21(29)14-32-20(4)25(27(30)33-23)28(38)34-24-15-31-13-19(3)26(24)37-12-11-36-10-9-35(5)16-22(36)17-37/h8,14,18-22,24-27,31,33H,6-7,9-13,15-17,30H2,1-5H3,(H,34,38)/b23-8-,32-14?. The summed E-state index contributed by atoms with van der Waals surface area (Å²) >= 11 is 0. The molecule has 3 saturated heterocycles. The van der Waals surface area contributed by atoms with Crippen LogP contribution in [0.15, 0.2) is 16.8 Å². The summed E-state index contributed by atoms with van der Waals surface area (Å²) in [7, 11) is 2.21. The molecule has 0 aromatic heterocycles. The molecule has 4 aliphatic rings. The van der Waals surface area contributed by atoms with Gasteiger partial charge in [0.2, 0.25) is 5.91 Å². The van der Waals surface area contributed by atoms with Gasteiger partial charge in [0.1, 0.15) is 6.17 Å². The molecule has 0 aromatic carbocycles. The number of fused-ring (bicyclic) bond motifs is 1. The number of nitrogens with one attached hydrogen (secondary N) is 3. The minimum atomic E-state index is -1.18. The lowest BCUT2D eigenvalue weighted by molar-refractivity contribution is -0.128. The van der Waals surface area contributed by atoms with E-state index in [1.807, 2.05) is 13.0 Å². The zero-order valence-electron chi connectivity index (χ0n) is 24.1. The molecular formula is C28H51FN8O. The maximum absolute atomic E-state index is 14.5. The van der Waals surface area contributed by atoms with Gasteiger partial charge in [-0.15, -0.1) is 0 Å². The summed E-state index contributed by atoms with van der Waals surface area (Å²) in [4.78, 5) is 26.0. The normalized spacial score (nSPS) is 40.3. The molecule has 0 radical (unpaired) electrons. The summed E-state index contributed by atoms with van der Waals surface area (Å²) in [6.45, 7) is 16.5. The smallest absolute Gasteiger partial charge is 0.229 e. The highest BCUT2D eigenvalue weighted by molar-refractivity contribution is 5.81. The third-order valence-corrected chi connectivity index (χ3v) is 9.23. The number of hydrogen-bond acceptors (Lipinski definition) is 8. The number of aliphatic imine (C=N–C) groups is 1. The lowest BCUT2D eigenvalue weighted by atomic mass is 9.87. The van der Waals surface area contributed by atoms with E-state index in [-0.39, 0.29) is 30.3 Å². The molecule has 0 aromatic rings. The second-order valence-corrected chi connectivity index (χ2v) is 12.1. The monoisotopic (exact) mass is 534 g/mol. The number of likely N-dealkylation sites (N-methyl/N-ethyl adjacent to an activating group) is 1. The Labute approximate surface area is 228 Å². The number of allylic oxidation sites excluding steroid dienone is 2. The highest BCUT2D eigenvalue weighted by Crippen LogP contribution is 2.25. The second kappa shape index (κ2) is 13.2. The van der Waals surface area contributed by atoms with Gasteiger partial charge < -0.3 is 26.6 Å². The predicted molar refractivity (Wildman–Crippen MR) is 152 cm³/mol. The van der Waals surface area contributed by atoms with E-state index >= 15 is 0 Å². The zero-order valence-corrected chi connectivity index (χ0v) is 24.1. The predicted octanol–water partition coefficient (Wildman–Crippen LogP) is 0.632. The molecule has 9 atom stereocenters. The van der Waals surface area contributed by atoms with Crippen LogP contribution in [0.1, 0.15) is 40.5 Å². The maximum Gasteiger partial charge on any atom is 0.229 e. The number of amides is 1. The summed E-state index contributed by atoms with van der Waals surface area (Å²) < 4.78 is 14.5. The van der Waals surface area contributed by atoms with Crippen molar-refractivity contribution < 1.29 is 9.18 Å². The number of piperazine rings is 2. The minimum Gasteiger partial charge on any atom is -0.373 e. The Balaban J connectivity index is 1.50. The van der Waals surface area contributed by atoms with Crippen molar-refractivity contribution in [3.63, 3.8) is 0 Å². The SMILES string of the molecule is CCC(C)/C1=C/CC(F)C=NC(C)C(C(=O)NC2CNCC(C)C2N2CCN3CCN(C)CC3C2)C(N)N1. The first kappa shape index (κ1) is 29.4. The largest absolute Gasteiger partial charge is 0.373 e. The van der Waals surface area contributed by atoms with E-state index in [9.17, 15) is 9.18 Å². The molecule has 9 unspecified atom stereocenters. The van der Waals surface area contributed by atoms with Gasteiger partial charge in [0.25, 0.3) is 0 Å². The van der Waals surface area contributed by atoms with Gasteiger partial charge in [-0.1, -0.05) is 26.8 Å². The number of nitrogens with two attached hydrogens (primary N) is 1. The Hall–Kier alpha value is -1.59. The summed E-state index contributed by atoms with van der Waals surface area (Å²) in [6.07, 6.45) is 2.58. The van der Waals surface area contributed by atoms with Gasteiger partial charge in [-0.05, 0) is 38.8 Å². The first-order chi connectivity index (χ1) is 18.2. The molecule has 38 heavy (non-hydrogen) atoms. The summed E-state index contributed by atoms with van der Waals surface area (Å²) in [6, 6.07) is 0.311. The molecule has 5 N–H and O–H groups in total. The summed E-state index contributed by atoms with van der Waals surface area (Å²) in [5, 5.41) is 10.3. The van der Waals surface area contributed by atoms with Gasteiger partial charge in [-0.2, -0.15) is 0 Å². The number of rotatable bonds is 5. The van der Waals surface area contributed by atoms with Crippen molar-refractivity contribution >= 4 is 12.1 Å². The Bertz CT molecular complexity index is 855. The van der Waals surface area contributed by atoms with Gasteiger partial charge in [0.05, 0.1) is 24.2 Å². The molecule has 0 saturated carbocycles. The molecule has 216 valence electrons. The maximum atomic E-state index is 14.5. The molecular weight excluding hydrogens is 483 g/mol. The van der Waals surface area contributed by atoms with Crippen molar-refractivity contribution in [3.8, 4) is 0 Å². The van der Waals surface area contributed by atoms with Crippen molar-refractivity contribution in [2.24, 2.45) is 28.5 Å². The minimum absolute atomic E-state index is 0.0311. The molecule has 10 heteroatoms. The Morgan fingerprint density at radius 2 is 1.95 bits per heavy atom. The average Bonchev–Trinajstić information content (AvgIpc) is 2.88. The van der Waals surface area contributed by atoms with Crippen molar-refractivity contribution in [2.45, 2.75) is 77.0 Å². The van der Waals surface area contributed by atoms with E-state index in [2.05, 4.69) is 63.5 Å². The molecule has 4 aliphatic heterocycles. The van der Waals surface area contributed by atoms with Crippen LogP contribution in [0.5, 0.6) is 0 Å². The van der Waals surface area contributed by atoms with Crippen molar-refractivity contribution in [3.05, 3.63) is 11.8 Å². The van der Waals surface area contributed by atoms with Crippen molar-refractivity contribution in [1.82, 2.24) is 30.7 Å². The van der Waals surface area contributed by atoms with Crippen LogP contribution in [0.4, 0.5) is 4.39 Å². The third-order valence-electron chi connectivity index (χ3n) is 9.23. The van der Waals surface area contributed by atoms with Crippen LogP contribution in [-0.4, -0.2) is 123 Å². The van der Waals surface area contributed by atoms with Gasteiger partial charge >= 0.3 is 0 Å². The van der Waals surface area contributed by atoms with Gasteiger partial charge in [-0.25, -0.2) is 4.39 Å². The molecule has 4 rings (SSSR count). The molecule has 0 bridgehead atoms. The van der Waals surface area contributed by atoms with Crippen LogP contribution in [0.25, 0.3) is 0 Å². The van der Waals surface area contributed by atoms with Gasteiger partial charge in [-0.3, -0.25) is 19.6 Å². The Kier molecular flexibility index (Phi) is 10.2. The highest BCUT2D eigenvalue weighted by atomic mass is 19.1. The fraction of sp³-hybridized carbons (Fsp3) is 0.857. The van der Waals surface area contributed by atoms with E-state index in [1.54, 1.807) is 0 Å². The number of carbonyl (C=O) groups excluding carboxylic acids is 1. The van der Waals surface area contributed by atoms with E-state index in [0.29, 0.717) is 12.0 Å². The van der Waals surface area contributed by atoms with Crippen LogP contribution in [0.2, 0.25) is 0 Å². The van der Waals surface area contributed by atoms with E-state index < -0.39 is 24.3 Å². The Morgan fingerprint density at radius 1 is 1.21 bits per heavy atom. The first-order valence-electron chi connectivity index (χ1n) is 14.7. The van der Waals surface area contributed by atoms with E-state index in [1.165, 1.54) is 6.21 Å². The zero-order chi connectivity index (χ0) is 27.4.